The van der Waals surface area contributed by atoms with E-state index in [1.54, 1.807) is 21.3 Å². The van der Waals surface area contributed by atoms with Crippen LogP contribution in [0.3, 0.4) is 0 Å². The van der Waals surface area contributed by atoms with Gasteiger partial charge < -0.3 is 22.9 Å². The third-order valence-electron chi connectivity index (χ3n) is 3.65. The fourth-order valence-electron chi connectivity index (χ4n) is 1.99. The van der Waals surface area contributed by atoms with E-state index >= 15 is 0 Å². The number of nitrogens with zero attached hydrogens (tertiary/aromatic N) is 1. The highest BCUT2D eigenvalue weighted by molar-refractivity contribution is 8.24. The Labute approximate surface area is 156 Å². The number of rotatable bonds is 11. The van der Waals surface area contributed by atoms with E-state index in [-0.39, 0.29) is 5.97 Å². The average Bonchev–Trinajstić information content (AvgIpc) is 2.56. The second-order valence-electron chi connectivity index (χ2n) is 5.59. The number of thiocarbonyl (C=S) groups is 1. The molecule has 0 aromatic carbocycles. The number of esters is 1. The molecule has 0 bridgehead atoms. The molecular weight excluding hydrogens is 366 g/mol. The normalized spacial score (nSPS) is 12.1. The number of thioether (sulfide) groups is 1. The highest BCUT2D eigenvalue weighted by Crippen LogP contribution is 2.29. The van der Waals surface area contributed by atoms with Crippen LogP contribution in [0.25, 0.3) is 0 Å². The average molecular weight is 398 g/mol. The topological polar surface area (TPSA) is 57.2 Å². The molecule has 0 rings (SSSR count). The van der Waals surface area contributed by atoms with Gasteiger partial charge in [0.15, 0.2) is 0 Å². The lowest BCUT2D eigenvalue weighted by molar-refractivity contribution is -0.145. The molecule has 9 heteroatoms. The minimum Gasteiger partial charge on any atom is -0.465 e. The molecule has 0 aromatic rings. The van der Waals surface area contributed by atoms with Crippen LogP contribution in [0.4, 0.5) is 0 Å². The summed E-state index contributed by atoms with van der Waals surface area (Å²) in [7, 11) is 2.10. The van der Waals surface area contributed by atoms with Gasteiger partial charge in [0, 0.05) is 40.5 Å². The first-order valence-electron chi connectivity index (χ1n) is 8.02. The summed E-state index contributed by atoms with van der Waals surface area (Å²) in [5.41, 5.74) is 0. The van der Waals surface area contributed by atoms with Gasteiger partial charge in [0.05, 0.1) is 6.61 Å². The Morgan fingerprint density at radius 3 is 2.04 bits per heavy atom. The minimum absolute atomic E-state index is 0.276. The summed E-state index contributed by atoms with van der Waals surface area (Å²) in [6.45, 7) is 9.68. The predicted molar refractivity (Wildman–Crippen MR) is 104 cm³/mol. The lowest BCUT2D eigenvalue weighted by Crippen LogP contribution is -2.43. The summed E-state index contributed by atoms with van der Waals surface area (Å²) < 4.78 is 21.4. The number of hydrogen-bond donors (Lipinski definition) is 0. The summed E-state index contributed by atoms with van der Waals surface area (Å²) in [5, 5.41) is 0. The van der Waals surface area contributed by atoms with Crippen molar-refractivity contribution < 1.29 is 22.8 Å². The van der Waals surface area contributed by atoms with Crippen LogP contribution in [0.15, 0.2) is 0 Å². The van der Waals surface area contributed by atoms with Crippen LogP contribution in [-0.2, 0) is 22.8 Å². The predicted octanol–water partition coefficient (Wildman–Crippen LogP) is 2.94. The van der Waals surface area contributed by atoms with E-state index in [2.05, 4.69) is 0 Å². The first-order valence-corrected chi connectivity index (χ1v) is 11.2. The molecule has 6 nitrogen and oxygen atoms in total. The number of carbonyl (C=O) groups is 1. The van der Waals surface area contributed by atoms with Gasteiger partial charge in [0.2, 0.25) is 0 Å². The number of hydrogen-bond acceptors (Lipinski definition) is 7. The van der Waals surface area contributed by atoms with E-state index in [4.69, 9.17) is 30.2 Å². The Kier molecular flexibility index (Phi) is 11.3. The zero-order valence-electron chi connectivity index (χ0n) is 15.8. The van der Waals surface area contributed by atoms with Gasteiger partial charge in [-0.15, -0.1) is 0 Å². The maximum atomic E-state index is 12.3. The molecular formula is C15H31NO5S2Si. The quantitative estimate of drug-likeness (QED) is 0.228. The molecule has 142 valence electrons. The van der Waals surface area contributed by atoms with E-state index in [1.165, 1.54) is 11.8 Å². The maximum Gasteiger partial charge on any atom is 0.500 e. The molecule has 0 aliphatic rings. The molecule has 0 N–H and O–H groups in total. The van der Waals surface area contributed by atoms with Crippen LogP contribution < -0.4 is 0 Å². The zero-order valence-corrected chi connectivity index (χ0v) is 18.5. The van der Waals surface area contributed by atoms with Gasteiger partial charge in [-0.25, -0.2) is 0 Å². The van der Waals surface area contributed by atoms with E-state index in [0.29, 0.717) is 23.4 Å². The van der Waals surface area contributed by atoms with Gasteiger partial charge in [-0.05, 0) is 34.1 Å². The Bertz CT molecular complexity index is 393. The molecule has 0 amide bonds. The standard InChI is InChI=1S/C15H31NO5S2Si/c1-8-16(9-2)14(22)23-15(3,4)13(17)21-11-10-12-24(18-5,19-6)20-7/h8-12H2,1-7H3. The Morgan fingerprint density at radius 2 is 1.62 bits per heavy atom. The van der Waals surface area contributed by atoms with Gasteiger partial charge in [0.25, 0.3) is 0 Å². The number of carbonyl (C=O) groups excluding carboxylic acids is 1. The Balaban J connectivity index is 4.42. The molecule has 0 unspecified atom stereocenters. The van der Waals surface area contributed by atoms with Gasteiger partial charge in [-0.2, -0.15) is 0 Å². The molecule has 0 fully saturated rings. The SMILES string of the molecule is CCN(CC)C(=S)SC(C)(C)C(=O)OCCC[Si](OC)(OC)OC. The fourth-order valence-corrected chi connectivity index (χ4v) is 5.53. The minimum atomic E-state index is -2.61. The highest BCUT2D eigenvalue weighted by Gasteiger charge is 2.37. The van der Waals surface area contributed by atoms with Crippen molar-refractivity contribution in [3.05, 3.63) is 0 Å². The number of ether oxygens (including phenoxy) is 1. The van der Waals surface area contributed by atoms with Crippen molar-refractivity contribution in [2.24, 2.45) is 0 Å². The van der Waals surface area contributed by atoms with Gasteiger partial charge in [0.1, 0.15) is 9.07 Å². The van der Waals surface area contributed by atoms with Crippen LogP contribution in [-0.4, -0.2) is 69.8 Å². The first-order chi connectivity index (χ1) is 11.2. The highest BCUT2D eigenvalue weighted by atomic mass is 32.2. The smallest absolute Gasteiger partial charge is 0.465 e. The first kappa shape index (κ1) is 23.8. The van der Waals surface area contributed by atoms with E-state index < -0.39 is 13.6 Å². The van der Waals surface area contributed by atoms with E-state index in [1.807, 2.05) is 32.6 Å². The molecule has 0 radical (unpaired) electrons. The van der Waals surface area contributed by atoms with Gasteiger partial charge in [-0.1, -0.05) is 24.0 Å². The van der Waals surface area contributed by atoms with Crippen molar-refractivity contribution in [3.8, 4) is 0 Å². The van der Waals surface area contributed by atoms with Crippen LogP contribution in [0.5, 0.6) is 0 Å². The zero-order chi connectivity index (χ0) is 18.8. The van der Waals surface area contributed by atoms with Crippen LogP contribution in [0.1, 0.15) is 34.1 Å². The second kappa shape index (κ2) is 11.4. The van der Waals surface area contributed by atoms with Crippen molar-refractivity contribution in [2.75, 3.05) is 41.0 Å². The summed E-state index contributed by atoms with van der Waals surface area (Å²) in [6.07, 6.45) is 0.620. The van der Waals surface area contributed by atoms with Gasteiger partial charge in [-0.3, -0.25) is 4.79 Å². The van der Waals surface area contributed by atoms with Crippen molar-refractivity contribution >= 4 is 43.1 Å². The molecule has 0 saturated carbocycles. The van der Waals surface area contributed by atoms with Crippen molar-refractivity contribution in [3.63, 3.8) is 0 Å². The molecule has 0 aliphatic carbocycles. The van der Waals surface area contributed by atoms with Crippen LogP contribution >= 0.6 is 24.0 Å². The lowest BCUT2D eigenvalue weighted by atomic mass is 10.2. The van der Waals surface area contributed by atoms with Crippen molar-refractivity contribution in [2.45, 2.75) is 44.9 Å². The molecule has 0 aliphatic heterocycles. The molecule has 24 heavy (non-hydrogen) atoms. The lowest BCUT2D eigenvalue weighted by Gasteiger charge is -2.28. The van der Waals surface area contributed by atoms with Crippen LogP contribution in [0.2, 0.25) is 6.04 Å². The largest absolute Gasteiger partial charge is 0.500 e. The second-order valence-corrected chi connectivity index (χ2v) is 10.9. The Hall–Kier alpha value is -0.193. The van der Waals surface area contributed by atoms with Crippen molar-refractivity contribution in [1.82, 2.24) is 4.90 Å². The van der Waals surface area contributed by atoms with E-state index in [0.717, 1.165) is 13.1 Å². The third-order valence-corrected chi connectivity index (χ3v) is 8.10. The van der Waals surface area contributed by atoms with Gasteiger partial charge >= 0.3 is 14.8 Å². The molecule has 0 heterocycles. The third kappa shape index (κ3) is 7.36. The monoisotopic (exact) mass is 397 g/mol. The Morgan fingerprint density at radius 1 is 1.12 bits per heavy atom. The van der Waals surface area contributed by atoms with Crippen molar-refractivity contribution in [1.29, 1.82) is 0 Å². The molecule has 0 saturated heterocycles. The summed E-state index contributed by atoms with van der Waals surface area (Å²) in [4.78, 5) is 14.4. The van der Waals surface area contributed by atoms with Crippen LogP contribution in [0, 0.1) is 0 Å². The van der Waals surface area contributed by atoms with E-state index in [9.17, 15) is 4.79 Å². The maximum absolute atomic E-state index is 12.3. The molecule has 0 atom stereocenters. The summed E-state index contributed by atoms with van der Waals surface area (Å²) >= 11 is 6.77. The molecule has 0 spiro atoms. The molecule has 0 aromatic heterocycles. The fraction of sp³-hybridized carbons (Fsp3) is 0.867. The summed E-state index contributed by atoms with van der Waals surface area (Å²) in [6, 6.07) is 0.592. The summed E-state index contributed by atoms with van der Waals surface area (Å²) in [5.74, 6) is -0.276.